The Labute approximate surface area is 121 Å². The van der Waals surface area contributed by atoms with Crippen molar-refractivity contribution in [1.82, 2.24) is 0 Å². The molecule has 21 heavy (non-hydrogen) atoms. The van der Waals surface area contributed by atoms with E-state index in [4.69, 9.17) is 0 Å². The third kappa shape index (κ3) is 2.81. The first kappa shape index (κ1) is 14.1. The molecule has 1 nitrogen and oxygen atoms in total. The van der Waals surface area contributed by atoms with Gasteiger partial charge in [-0.3, -0.25) is 0 Å². The SMILES string of the molecule is OC(c1ccccc1C(F)(F)F)C1CC1c1ccccc1. The van der Waals surface area contributed by atoms with E-state index in [1.165, 1.54) is 18.2 Å². The zero-order valence-corrected chi connectivity index (χ0v) is 11.2. The second-order valence-electron chi connectivity index (χ2n) is 5.45. The molecule has 1 fully saturated rings. The molecule has 1 aliphatic carbocycles. The van der Waals surface area contributed by atoms with Gasteiger partial charge in [-0.05, 0) is 35.4 Å². The van der Waals surface area contributed by atoms with E-state index in [1.807, 2.05) is 30.3 Å². The van der Waals surface area contributed by atoms with E-state index in [0.717, 1.165) is 18.1 Å². The van der Waals surface area contributed by atoms with Crippen LogP contribution in [0.5, 0.6) is 0 Å². The average molecular weight is 292 g/mol. The summed E-state index contributed by atoms with van der Waals surface area (Å²) in [7, 11) is 0. The monoisotopic (exact) mass is 292 g/mol. The first-order valence-corrected chi connectivity index (χ1v) is 6.87. The van der Waals surface area contributed by atoms with Crippen LogP contribution in [0.2, 0.25) is 0 Å². The van der Waals surface area contributed by atoms with Crippen molar-refractivity contribution < 1.29 is 18.3 Å². The number of hydrogen-bond acceptors (Lipinski definition) is 1. The van der Waals surface area contributed by atoms with Crippen molar-refractivity contribution in [2.24, 2.45) is 5.92 Å². The van der Waals surface area contributed by atoms with Crippen molar-refractivity contribution >= 4 is 0 Å². The van der Waals surface area contributed by atoms with Gasteiger partial charge in [0.05, 0.1) is 11.7 Å². The predicted molar refractivity (Wildman–Crippen MR) is 73.7 cm³/mol. The molecule has 110 valence electrons. The average Bonchev–Trinajstić information content (AvgIpc) is 3.27. The molecule has 0 bridgehead atoms. The Bertz CT molecular complexity index is 621. The van der Waals surface area contributed by atoms with Gasteiger partial charge in [-0.1, -0.05) is 48.5 Å². The summed E-state index contributed by atoms with van der Waals surface area (Å²) in [4.78, 5) is 0. The number of hydrogen-bond donors (Lipinski definition) is 1. The maximum atomic E-state index is 13.0. The first-order valence-electron chi connectivity index (χ1n) is 6.87. The number of aliphatic hydroxyl groups is 1. The van der Waals surface area contributed by atoms with Crippen LogP contribution in [0, 0.1) is 5.92 Å². The van der Waals surface area contributed by atoms with Crippen LogP contribution in [-0.4, -0.2) is 5.11 Å². The minimum Gasteiger partial charge on any atom is -0.388 e. The van der Waals surface area contributed by atoms with E-state index in [2.05, 4.69) is 0 Å². The van der Waals surface area contributed by atoms with Crippen molar-refractivity contribution in [2.75, 3.05) is 0 Å². The fraction of sp³-hybridized carbons (Fsp3) is 0.294. The largest absolute Gasteiger partial charge is 0.416 e. The van der Waals surface area contributed by atoms with Gasteiger partial charge in [0, 0.05) is 0 Å². The normalized spacial score (nSPS) is 22.9. The highest BCUT2D eigenvalue weighted by atomic mass is 19.4. The number of aliphatic hydroxyl groups excluding tert-OH is 1. The van der Waals surface area contributed by atoms with E-state index in [9.17, 15) is 18.3 Å². The van der Waals surface area contributed by atoms with Crippen LogP contribution in [0.15, 0.2) is 54.6 Å². The van der Waals surface area contributed by atoms with Crippen LogP contribution in [0.25, 0.3) is 0 Å². The minimum atomic E-state index is -4.44. The molecule has 4 heteroatoms. The lowest BCUT2D eigenvalue weighted by Crippen LogP contribution is -2.13. The smallest absolute Gasteiger partial charge is 0.388 e. The maximum Gasteiger partial charge on any atom is 0.416 e. The summed E-state index contributed by atoms with van der Waals surface area (Å²) in [6.07, 6.45) is -4.79. The molecule has 1 aliphatic rings. The van der Waals surface area contributed by atoms with Crippen molar-refractivity contribution in [3.63, 3.8) is 0 Å². The highest BCUT2D eigenvalue weighted by Crippen LogP contribution is 2.55. The van der Waals surface area contributed by atoms with E-state index >= 15 is 0 Å². The molecular weight excluding hydrogens is 277 g/mol. The molecule has 1 N–H and O–H groups in total. The molecule has 3 atom stereocenters. The van der Waals surface area contributed by atoms with Crippen LogP contribution >= 0.6 is 0 Å². The van der Waals surface area contributed by atoms with Gasteiger partial charge in [0.2, 0.25) is 0 Å². The Morgan fingerprint density at radius 3 is 2.24 bits per heavy atom. The molecular formula is C17H15F3O. The number of halogens is 3. The molecule has 3 rings (SSSR count). The summed E-state index contributed by atoms with van der Waals surface area (Å²) in [5.74, 6) is -0.00149. The Balaban J connectivity index is 1.84. The van der Waals surface area contributed by atoms with E-state index < -0.39 is 17.8 Å². The first-order chi connectivity index (χ1) is 9.98. The zero-order valence-electron chi connectivity index (χ0n) is 11.2. The van der Waals surface area contributed by atoms with Gasteiger partial charge >= 0.3 is 6.18 Å². The van der Waals surface area contributed by atoms with Gasteiger partial charge in [0.1, 0.15) is 0 Å². The van der Waals surface area contributed by atoms with Crippen molar-refractivity contribution in [3.05, 3.63) is 71.3 Å². The summed E-state index contributed by atoms with van der Waals surface area (Å²) in [5.41, 5.74) is 0.315. The molecule has 0 aliphatic heterocycles. The summed E-state index contributed by atoms with van der Waals surface area (Å²) >= 11 is 0. The molecule has 1 saturated carbocycles. The topological polar surface area (TPSA) is 20.2 Å². The molecule has 2 aromatic carbocycles. The van der Waals surface area contributed by atoms with Crippen molar-refractivity contribution in [1.29, 1.82) is 0 Å². The summed E-state index contributed by atoms with van der Waals surface area (Å²) in [6, 6.07) is 14.9. The summed E-state index contributed by atoms with van der Waals surface area (Å²) in [6.45, 7) is 0. The fourth-order valence-corrected chi connectivity index (χ4v) is 2.89. The second kappa shape index (κ2) is 5.19. The molecule has 0 saturated heterocycles. The minimum absolute atomic E-state index is 0.0200. The lowest BCUT2D eigenvalue weighted by Gasteiger charge is -2.17. The van der Waals surface area contributed by atoms with Crippen LogP contribution < -0.4 is 0 Å². The lowest BCUT2D eigenvalue weighted by atomic mass is 9.96. The molecule has 0 amide bonds. The van der Waals surface area contributed by atoms with Crippen molar-refractivity contribution in [3.8, 4) is 0 Å². The number of rotatable bonds is 3. The van der Waals surface area contributed by atoms with E-state index in [0.29, 0.717) is 0 Å². The maximum absolute atomic E-state index is 13.0. The van der Waals surface area contributed by atoms with Gasteiger partial charge in [-0.25, -0.2) is 0 Å². The van der Waals surface area contributed by atoms with Gasteiger partial charge in [-0.2, -0.15) is 13.2 Å². The molecule has 0 aromatic heterocycles. The second-order valence-corrected chi connectivity index (χ2v) is 5.45. The van der Waals surface area contributed by atoms with Gasteiger partial charge in [-0.15, -0.1) is 0 Å². The van der Waals surface area contributed by atoms with Gasteiger partial charge in [0.25, 0.3) is 0 Å². The van der Waals surface area contributed by atoms with Crippen molar-refractivity contribution in [2.45, 2.75) is 24.6 Å². The number of alkyl halides is 3. The fourth-order valence-electron chi connectivity index (χ4n) is 2.89. The molecule has 0 spiro atoms. The summed E-state index contributed by atoms with van der Waals surface area (Å²) < 4.78 is 39.0. The Morgan fingerprint density at radius 1 is 0.952 bits per heavy atom. The quantitative estimate of drug-likeness (QED) is 0.880. The predicted octanol–water partition coefficient (Wildman–Crippen LogP) is 4.54. The third-order valence-corrected chi connectivity index (χ3v) is 4.06. The van der Waals surface area contributed by atoms with Gasteiger partial charge < -0.3 is 5.11 Å². The molecule has 0 radical (unpaired) electrons. The Hall–Kier alpha value is -1.81. The van der Waals surface area contributed by atoms with Gasteiger partial charge in [0.15, 0.2) is 0 Å². The number of benzene rings is 2. The van der Waals surface area contributed by atoms with Crippen LogP contribution in [0.3, 0.4) is 0 Å². The van der Waals surface area contributed by atoms with E-state index in [1.54, 1.807) is 0 Å². The Morgan fingerprint density at radius 2 is 1.57 bits per heavy atom. The third-order valence-electron chi connectivity index (χ3n) is 4.06. The van der Waals surface area contributed by atoms with Crippen LogP contribution in [-0.2, 0) is 6.18 Å². The zero-order chi connectivity index (χ0) is 15.0. The van der Waals surface area contributed by atoms with Crippen LogP contribution in [0.1, 0.15) is 35.1 Å². The highest BCUT2D eigenvalue weighted by Gasteiger charge is 2.46. The molecule has 2 aromatic rings. The standard InChI is InChI=1S/C17H15F3O/c18-17(19,20)15-9-5-4-8-12(15)16(21)14-10-13(14)11-6-2-1-3-7-11/h1-9,13-14,16,21H,10H2. The highest BCUT2D eigenvalue weighted by molar-refractivity contribution is 5.35. The van der Waals surface area contributed by atoms with E-state index in [-0.39, 0.29) is 17.4 Å². The summed E-state index contributed by atoms with van der Waals surface area (Å²) in [5, 5.41) is 10.3. The van der Waals surface area contributed by atoms with Crippen LogP contribution in [0.4, 0.5) is 13.2 Å². The Kier molecular flexibility index (Phi) is 3.49. The lowest BCUT2D eigenvalue weighted by molar-refractivity contribution is -0.139. The molecule has 3 unspecified atom stereocenters. The molecule has 0 heterocycles.